The molecule has 120 valence electrons. The highest BCUT2D eigenvalue weighted by Gasteiger charge is 2.26. The minimum Gasteiger partial charge on any atom is -0.481 e. The fourth-order valence-electron chi connectivity index (χ4n) is 2.54. The van der Waals surface area contributed by atoms with Crippen molar-refractivity contribution in [3.8, 4) is 5.75 Å². The molecule has 0 aromatic heterocycles. The number of thioether (sulfide) groups is 1. The largest absolute Gasteiger partial charge is 0.481 e. The average molecular weight is 348 g/mol. The van der Waals surface area contributed by atoms with E-state index in [9.17, 15) is 4.79 Å². The van der Waals surface area contributed by atoms with Crippen molar-refractivity contribution < 1.29 is 9.53 Å². The third-order valence-electron chi connectivity index (χ3n) is 3.68. The van der Waals surface area contributed by atoms with Crippen molar-refractivity contribution in [3.05, 3.63) is 53.6 Å². The maximum absolute atomic E-state index is 12.9. The number of carbonyl (C=O) groups is 1. The van der Waals surface area contributed by atoms with Crippen molar-refractivity contribution in [2.45, 2.75) is 24.3 Å². The van der Waals surface area contributed by atoms with Gasteiger partial charge in [0.15, 0.2) is 6.10 Å². The lowest BCUT2D eigenvalue weighted by Crippen LogP contribution is -2.41. The highest BCUT2D eigenvalue weighted by molar-refractivity contribution is 7.99. The van der Waals surface area contributed by atoms with Crippen LogP contribution in [0.15, 0.2) is 53.4 Å². The summed E-state index contributed by atoms with van der Waals surface area (Å²) in [5.74, 6) is 1.65. The summed E-state index contributed by atoms with van der Waals surface area (Å²) in [6.07, 6.45) is 0.422. The van der Waals surface area contributed by atoms with Crippen molar-refractivity contribution >= 4 is 35.0 Å². The molecular weight excluding hydrogens is 330 g/mol. The fourth-order valence-corrected chi connectivity index (χ4v) is 3.66. The smallest absolute Gasteiger partial charge is 0.267 e. The third kappa shape index (κ3) is 3.82. The van der Waals surface area contributed by atoms with Gasteiger partial charge in [0.05, 0.1) is 5.69 Å². The lowest BCUT2D eigenvalue weighted by molar-refractivity contribution is -0.124. The van der Waals surface area contributed by atoms with Crippen LogP contribution in [-0.4, -0.2) is 24.3 Å². The monoisotopic (exact) mass is 347 g/mol. The number of anilines is 1. The Kier molecular flexibility index (Phi) is 5.13. The number of hydrogen-bond donors (Lipinski definition) is 0. The van der Waals surface area contributed by atoms with E-state index in [-0.39, 0.29) is 5.91 Å². The summed E-state index contributed by atoms with van der Waals surface area (Å²) in [4.78, 5) is 15.8. The van der Waals surface area contributed by atoms with Gasteiger partial charge in [0.1, 0.15) is 5.75 Å². The molecular formula is C18H18ClNO2S. The van der Waals surface area contributed by atoms with Crippen LogP contribution in [0.1, 0.15) is 13.3 Å². The molecule has 0 radical (unpaired) electrons. The van der Waals surface area contributed by atoms with Gasteiger partial charge in [-0.15, -0.1) is 11.8 Å². The Hall–Kier alpha value is -1.65. The fraction of sp³-hybridized carbons (Fsp3) is 0.278. The van der Waals surface area contributed by atoms with Crippen LogP contribution in [0.4, 0.5) is 5.69 Å². The van der Waals surface area contributed by atoms with Crippen LogP contribution >= 0.6 is 23.4 Å². The summed E-state index contributed by atoms with van der Waals surface area (Å²) in [5.41, 5.74) is 0.978. The van der Waals surface area contributed by atoms with Gasteiger partial charge in [-0.2, -0.15) is 0 Å². The quantitative estimate of drug-likeness (QED) is 0.810. The van der Waals surface area contributed by atoms with E-state index < -0.39 is 6.10 Å². The second kappa shape index (κ2) is 7.28. The highest BCUT2D eigenvalue weighted by atomic mass is 35.5. The molecule has 1 atom stereocenters. The molecule has 2 aromatic carbocycles. The minimum absolute atomic E-state index is 0.0186. The van der Waals surface area contributed by atoms with E-state index in [1.807, 2.05) is 23.1 Å². The standard InChI is InChI=1S/C18H18ClNO2S/c1-13(22-15-9-7-14(19)8-10-15)18(21)20-11-4-12-23-17-6-3-2-5-16(17)20/h2-3,5-10,13H,4,11-12H2,1H3/t13-/m0/s1. The number of ether oxygens (including phenoxy) is 1. The second-order valence-electron chi connectivity index (χ2n) is 5.37. The Bertz CT molecular complexity index is 690. The number of amides is 1. The number of rotatable bonds is 3. The van der Waals surface area contributed by atoms with Crippen LogP contribution in [0.5, 0.6) is 5.75 Å². The zero-order valence-corrected chi connectivity index (χ0v) is 14.4. The van der Waals surface area contributed by atoms with E-state index in [2.05, 4.69) is 6.07 Å². The number of hydrogen-bond acceptors (Lipinski definition) is 3. The first-order chi connectivity index (χ1) is 11.1. The normalized spacial score (nSPS) is 15.5. The van der Waals surface area contributed by atoms with E-state index >= 15 is 0 Å². The van der Waals surface area contributed by atoms with E-state index in [1.165, 1.54) is 0 Å². The third-order valence-corrected chi connectivity index (χ3v) is 5.08. The molecule has 23 heavy (non-hydrogen) atoms. The number of fused-ring (bicyclic) bond motifs is 1. The Balaban J connectivity index is 1.77. The van der Waals surface area contributed by atoms with Crippen molar-refractivity contribution in [2.75, 3.05) is 17.2 Å². The molecule has 3 rings (SSSR count). The van der Waals surface area contributed by atoms with Crippen LogP contribution in [0.2, 0.25) is 5.02 Å². The lowest BCUT2D eigenvalue weighted by atomic mass is 10.2. The maximum Gasteiger partial charge on any atom is 0.267 e. The molecule has 0 spiro atoms. The number of para-hydroxylation sites is 1. The predicted molar refractivity (Wildman–Crippen MR) is 95.7 cm³/mol. The number of nitrogens with zero attached hydrogens (tertiary/aromatic N) is 1. The van der Waals surface area contributed by atoms with Gasteiger partial charge in [-0.25, -0.2) is 0 Å². The van der Waals surface area contributed by atoms with Crippen molar-refractivity contribution in [1.82, 2.24) is 0 Å². The molecule has 0 N–H and O–H groups in total. The molecule has 1 aliphatic rings. The van der Waals surface area contributed by atoms with Crippen molar-refractivity contribution in [1.29, 1.82) is 0 Å². The van der Waals surface area contributed by atoms with Gasteiger partial charge in [0.2, 0.25) is 0 Å². The van der Waals surface area contributed by atoms with Crippen LogP contribution < -0.4 is 9.64 Å². The molecule has 1 heterocycles. The Morgan fingerprint density at radius 2 is 1.96 bits per heavy atom. The second-order valence-corrected chi connectivity index (χ2v) is 6.95. The molecule has 0 saturated carbocycles. The number of carbonyl (C=O) groups excluding carboxylic acids is 1. The summed E-state index contributed by atoms with van der Waals surface area (Å²) in [7, 11) is 0. The molecule has 1 amide bonds. The van der Waals surface area contributed by atoms with Gasteiger partial charge in [-0.1, -0.05) is 23.7 Å². The first kappa shape index (κ1) is 16.2. The maximum atomic E-state index is 12.9. The first-order valence-electron chi connectivity index (χ1n) is 7.60. The van der Waals surface area contributed by atoms with Gasteiger partial charge < -0.3 is 9.64 Å². The molecule has 0 fully saturated rings. The Morgan fingerprint density at radius 1 is 1.22 bits per heavy atom. The van der Waals surface area contributed by atoms with E-state index in [4.69, 9.17) is 16.3 Å². The first-order valence-corrected chi connectivity index (χ1v) is 8.97. The lowest BCUT2D eigenvalue weighted by Gasteiger charge is -2.26. The van der Waals surface area contributed by atoms with Gasteiger partial charge in [-0.05, 0) is 55.5 Å². The highest BCUT2D eigenvalue weighted by Crippen LogP contribution is 2.34. The predicted octanol–water partition coefficient (Wildman–Crippen LogP) is 4.64. The zero-order valence-electron chi connectivity index (χ0n) is 12.9. The van der Waals surface area contributed by atoms with Crippen LogP contribution in [0.25, 0.3) is 0 Å². The summed E-state index contributed by atoms with van der Waals surface area (Å²) in [5, 5.41) is 0.648. The minimum atomic E-state index is -0.549. The molecule has 0 bridgehead atoms. The summed E-state index contributed by atoms with van der Waals surface area (Å²) >= 11 is 7.67. The van der Waals surface area contributed by atoms with E-state index in [1.54, 1.807) is 43.0 Å². The van der Waals surface area contributed by atoms with E-state index in [0.717, 1.165) is 29.3 Å². The molecule has 2 aromatic rings. The molecule has 1 aliphatic heterocycles. The van der Waals surface area contributed by atoms with Crippen LogP contribution in [0.3, 0.4) is 0 Å². The van der Waals surface area contributed by atoms with Crippen molar-refractivity contribution in [2.24, 2.45) is 0 Å². The van der Waals surface area contributed by atoms with Crippen molar-refractivity contribution in [3.63, 3.8) is 0 Å². The Morgan fingerprint density at radius 3 is 2.74 bits per heavy atom. The number of benzene rings is 2. The summed E-state index contributed by atoms with van der Waals surface area (Å²) in [6.45, 7) is 2.51. The Labute approximate surface area is 145 Å². The summed E-state index contributed by atoms with van der Waals surface area (Å²) < 4.78 is 5.78. The SMILES string of the molecule is C[C@H](Oc1ccc(Cl)cc1)C(=O)N1CCCSc2ccccc21. The molecule has 3 nitrogen and oxygen atoms in total. The molecule has 0 aliphatic carbocycles. The molecule has 0 saturated heterocycles. The van der Waals surface area contributed by atoms with Crippen LogP contribution in [0, 0.1) is 0 Å². The molecule has 5 heteroatoms. The van der Waals surface area contributed by atoms with Gasteiger partial charge in [-0.3, -0.25) is 4.79 Å². The van der Waals surface area contributed by atoms with Gasteiger partial charge in [0.25, 0.3) is 5.91 Å². The average Bonchev–Trinajstić information content (AvgIpc) is 2.78. The number of halogens is 1. The topological polar surface area (TPSA) is 29.5 Å². The van der Waals surface area contributed by atoms with Gasteiger partial charge in [0, 0.05) is 16.5 Å². The molecule has 0 unspecified atom stereocenters. The van der Waals surface area contributed by atoms with Gasteiger partial charge >= 0.3 is 0 Å². The van der Waals surface area contributed by atoms with E-state index in [0.29, 0.717) is 10.8 Å². The summed E-state index contributed by atoms with van der Waals surface area (Å²) in [6, 6.07) is 15.1. The zero-order chi connectivity index (χ0) is 16.2. The van der Waals surface area contributed by atoms with Crippen LogP contribution in [-0.2, 0) is 4.79 Å².